The standard InChI is InChI=1S/C13H20N2O3/c1-10(2)14-8-11(3)9-18-13-7-5-4-6-12(13)15(16)17/h4-7,10-11,14H,8-9H2,1-3H3. The maximum atomic E-state index is 10.8. The summed E-state index contributed by atoms with van der Waals surface area (Å²) in [6.07, 6.45) is 0. The van der Waals surface area contributed by atoms with Crippen LogP contribution in [0.25, 0.3) is 0 Å². The summed E-state index contributed by atoms with van der Waals surface area (Å²) < 4.78 is 5.51. The number of nitro groups is 1. The Balaban J connectivity index is 2.50. The van der Waals surface area contributed by atoms with Crippen LogP contribution in [0.15, 0.2) is 24.3 Å². The second kappa shape index (κ2) is 6.96. The predicted octanol–water partition coefficient (Wildman–Crippen LogP) is 2.61. The van der Waals surface area contributed by atoms with E-state index in [2.05, 4.69) is 19.2 Å². The monoisotopic (exact) mass is 252 g/mol. The number of nitro benzene ring substituents is 1. The van der Waals surface area contributed by atoms with Crippen molar-refractivity contribution < 1.29 is 9.66 Å². The first-order valence-electron chi connectivity index (χ1n) is 6.10. The minimum Gasteiger partial charge on any atom is -0.486 e. The Bertz CT molecular complexity index is 394. The molecule has 0 saturated heterocycles. The molecule has 1 N–H and O–H groups in total. The van der Waals surface area contributed by atoms with E-state index in [0.29, 0.717) is 24.3 Å². The molecule has 1 atom stereocenters. The summed E-state index contributed by atoms with van der Waals surface area (Å²) in [6.45, 7) is 7.50. The van der Waals surface area contributed by atoms with Crippen molar-refractivity contribution in [2.75, 3.05) is 13.2 Å². The molecule has 1 rings (SSSR count). The molecular formula is C13H20N2O3. The zero-order valence-corrected chi connectivity index (χ0v) is 11.1. The largest absolute Gasteiger partial charge is 0.486 e. The Hall–Kier alpha value is -1.62. The molecule has 1 unspecified atom stereocenters. The maximum absolute atomic E-state index is 10.8. The highest BCUT2D eigenvalue weighted by Crippen LogP contribution is 2.26. The van der Waals surface area contributed by atoms with E-state index < -0.39 is 4.92 Å². The van der Waals surface area contributed by atoms with Crippen molar-refractivity contribution in [3.05, 3.63) is 34.4 Å². The minimum absolute atomic E-state index is 0.0153. The van der Waals surface area contributed by atoms with Crippen LogP contribution >= 0.6 is 0 Å². The van der Waals surface area contributed by atoms with Crippen LogP contribution in [0.4, 0.5) is 5.69 Å². The van der Waals surface area contributed by atoms with Gasteiger partial charge in [0.2, 0.25) is 0 Å². The van der Waals surface area contributed by atoms with Gasteiger partial charge in [-0.15, -0.1) is 0 Å². The van der Waals surface area contributed by atoms with E-state index in [1.165, 1.54) is 6.07 Å². The fourth-order valence-electron chi connectivity index (χ4n) is 1.46. The van der Waals surface area contributed by atoms with Gasteiger partial charge in [0, 0.05) is 24.6 Å². The highest BCUT2D eigenvalue weighted by molar-refractivity contribution is 5.45. The summed E-state index contributed by atoms with van der Waals surface area (Å²) in [5.41, 5.74) is 0.0153. The summed E-state index contributed by atoms with van der Waals surface area (Å²) in [5, 5.41) is 14.1. The molecule has 1 aromatic rings. The van der Waals surface area contributed by atoms with Gasteiger partial charge in [-0.1, -0.05) is 32.9 Å². The van der Waals surface area contributed by atoms with Crippen LogP contribution in [0.3, 0.4) is 0 Å². The second-order valence-corrected chi connectivity index (χ2v) is 4.70. The van der Waals surface area contributed by atoms with E-state index in [-0.39, 0.29) is 5.69 Å². The molecule has 0 aromatic heterocycles. The molecule has 0 aliphatic rings. The third-order valence-corrected chi connectivity index (χ3v) is 2.46. The second-order valence-electron chi connectivity index (χ2n) is 4.70. The lowest BCUT2D eigenvalue weighted by atomic mass is 10.2. The summed E-state index contributed by atoms with van der Waals surface area (Å²) >= 11 is 0. The van der Waals surface area contributed by atoms with Crippen LogP contribution in [0, 0.1) is 16.0 Å². The van der Waals surface area contributed by atoms with Crippen molar-refractivity contribution in [1.82, 2.24) is 5.32 Å². The summed E-state index contributed by atoms with van der Waals surface area (Å²) in [4.78, 5) is 10.4. The van der Waals surface area contributed by atoms with E-state index in [1.807, 2.05) is 6.92 Å². The Morgan fingerprint density at radius 1 is 1.33 bits per heavy atom. The highest BCUT2D eigenvalue weighted by atomic mass is 16.6. The van der Waals surface area contributed by atoms with Gasteiger partial charge in [0.1, 0.15) is 0 Å². The average molecular weight is 252 g/mol. The van der Waals surface area contributed by atoms with Gasteiger partial charge in [-0.25, -0.2) is 0 Å². The average Bonchev–Trinajstić information content (AvgIpc) is 2.34. The van der Waals surface area contributed by atoms with Gasteiger partial charge >= 0.3 is 5.69 Å². The third kappa shape index (κ3) is 4.71. The van der Waals surface area contributed by atoms with Gasteiger partial charge in [0.05, 0.1) is 11.5 Å². The van der Waals surface area contributed by atoms with Gasteiger partial charge in [-0.05, 0) is 6.07 Å². The molecule has 5 heteroatoms. The third-order valence-electron chi connectivity index (χ3n) is 2.46. The number of nitrogens with zero attached hydrogens (tertiary/aromatic N) is 1. The molecule has 0 radical (unpaired) electrons. The Labute approximate surface area is 107 Å². The highest BCUT2D eigenvalue weighted by Gasteiger charge is 2.14. The van der Waals surface area contributed by atoms with Crippen molar-refractivity contribution in [2.45, 2.75) is 26.8 Å². The Morgan fingerprint density at radius 2 is 2.00 bits per heavy atom. The molecule has 0 aliphatic carbocycles. The lowest BCUT2D eigenvalue weighted by Gasteiger charge is -2.15. The van der Waals surface area contributed by atoms with E-state index in [0.717, 1.165) is 6.54 Å². The first-order chi connectivity index (χ1) is 8.50. The normalized spacial score (nSPS) is 12.4. The van der Waals surface area contributed by atoms with Gasteiger partial charge < -0.3 is 10.1 Å². The van der Waals surface area contributed by atoms with Crippen LogP contribution in [0.5, 0.6) is 5.75 Å². The lowest BCUT2D eigenvalue weighted by Crippen LogP contribution is -2.30. The first-order valence-corrected chi connectivity index (χ1v) is 6.10. The molecule has 5 nitrogen and oxygen atoms in total. The van der Waals surface area contributed by atoms with Crippen molar-refractivity contribution in [2.24, 2.45) is 5.92 Å². The number of hydrogen-bond acceptors (Lipinski definition) is 4. The van der Waals surface area contributed by atoms with Crippen LogP contribution in [0.1, 0.15) is 20.8 Å². The molecule has 0 saturated carbocycles. The van der Waals surface area contributed by atoms with E-state index >= 15 is 0 Å². The number of rotatable bonds is 7. The molecule has 0 fully saturated rings. The number of benzene rings is 1. The van der Waals surface area contributed by atoms with Crippen LogP contribution in [-0.2, 0) is 0 Å². The molecule has 18 heavy (non-hydrogen) atoms. The lowest BCUT2D eigenvalue weighted by molar-refractivity contribution is -0.385. The van der Waals surface area contributed by atoms with Crippen LogP contribution in [0.2, 0.25) is 0 Å². The van der Waals surface area contributed by atoms with Crippen LogP contribution < -0.4 is 10.1 Å². The summed E-state index contributed by atoms with van der Waals surface area (Å²) in [5.74, 6) is 0.631. The fraction of sp³-hybridized carbons (Fsp3) is 0.538. The fourth-order valence-corrected chi connectivity index (χ4v) is 1.46. The van der Waals surface area contributed by atoms with Gasteiger partial charge in [-0.3, -0.25) is 10.1 Å². The number of para-hydroxylation sites is 2. The molecule has 0 amide bonds. The minimum atomic E-state index is -0.424. The van der Waals surface area contributed by atoms with Crippen molar-refractivity contribution in [3.63, 3.8) is 0 Å². The van der Waals surface area contributed by atoms with Crippen molar-refractivity contribution >= 4 is 5.69 Å². The van der Waals surface area contributed by atoms with E-state index in [4.69, 9.17) is 4.74 Å². The summed E-state index contributed by atoms with van der Waals surface area (Å²) in [6, 6.07) is 6.87. The molecule has 1 aromatic carbocycles. The van der Waals surface area contributed by atoms with Crippen LogP contribution in [-0.4, -0.2) is 24.1 Å². The molecule has 0 bridgehead atoms. The van der Waals surface area contributed by atoms with E-state index in [1.54, 1.807) is 18.2 Å². The van der Waals surface area contributed by atoms with Gasteiger partial charge in [0.15, 0.2) is 5.75 Å². The molecule has 0 spiro atoms. The zero-order valence-electron chi connectivity index (χ0n) is 11.1. The first kappa shape index (κ1) is 14.4. The number of nitrogens with one attached hydrogen (secondary N) is 1. The molecule has 100 valence electrons. The SMILES string of the molecule is CC(CNC(C)C)COc1ccccc1[N+](=O)[O-]. The van der Waals surface area contributed by atoms with Crippen molar-refractivity contribution in [1.29, 1.82) is 0 Å². The zero-order chi connectivity index (χ0) is 13.5. The number of hydrogen-bond donors (Lipinski definition) is 1. The molecule has 0 heterocycles. The number of ether oxygens (including phenoxy) is 1. The van der Waals surface area contributed by atoms with E-state index in [9.17, 15) is 10.1 Å². The smallest absolute Gasteiger partial charge is 0.310 e. The Kier molecular flexibility index (Phi) is 5.58. The van der Waals surface area contributed by atoms with Crippen molar-refractivity contribution in [3.8, 4) is 5.75 Å². The van der Waals surface area contributed by atoms with Gasteiger partial charge in [-0.2, -0.15) is 0 Å². The predicted molar refractivity (Wildman–Crippen MR) is 70.9 cm³/mol. The molecular weight excluding hydrogens is 232 g/mol. The quantitative estimate of drug-likeness (QED) is 0.598. The topological polar surface area (TPSA) is 64.4 Å². The Morgan fingerprint density at radius 3 is 2.61 bits per heavy atom. The molecule has 0 aliphatic heterocycles. The summed E-state index contributed by atoms with van der Waals surface area (Å²) in [7, 11) is 0. The maximum Gasteiger partial charge on any atom is 0.310 e. The van der Waals surface area contributed by atoms with Gasteiger partial charge in [0.25, 0.3) is 0 Å².